The van der Waals surface area contributed by atoms with Crippen LogP contribution in [0.25, 0.3) is 0 Å². The molecule has 0 saturated carbocycles. The molecule has 0 spiro atoms. The lowest BCUT2D eigenvalue weighted by atomic mass is 10.1. The lowest BCUT2D eigenvalue weighted by Crippen LogP contribution is -2.10. The molecule has 0 unspecified atom stereocenters. The molecule has 0 amide bonds. The SMILES string of the molecule is COc1cc(N(C)c2cc(C)cc(C)c2)ccc1N. The topological polar surface area (TPSA) is 38.5 Å². The molecule has 0 bridgehead atoms. The molecule has 0 atom stereocenters. The summed E-state index contributed by atoms with van der Waals surface area (Å²) in [5.74, 6) is 0.703. The van der Waals surface area contributed by atoms with Crippen LogP contribution in [0, 0.1) is 13.8 Å². The molecule has 2 aromatic carbocycles. The highest BCUT2D eigenvalue weighted by molar-refractivity contribution is 5.69. The number of nitrogens with two attached hydrogens (primary N) is 1. The lowest BCUT2D eigenvalue weighted by molar-refractivity contribution is 0.417. The van der Waals surface area contributed by atoms with Gasteiger partial charge >= 0.3 is 0 Å². The van der Waals surface area contributed by atoms with Gasteiger partial charge in [-0.25, -0.2) is 0 Å². The van der Waals surface area contributed by atoms with Crippen molar-refractivity contribution in [2.24, 2.45) is 0 Å². The van der Waals surface area contributed by atoms with Crippen molar-refractivity contribution in [3.63, 3.8) is 0 Å². The maximum Gasteiger partial charge on any atom is 0.143 e. The predicted molar refractivity (Wildman–Crippen MR) is 81.4 cm³/mol. The highest BCUT2D eigenvalue weighted by atomic mass is 16.5. The fraction of sp³-hybridized carbons (Fsp3) is 0.250. The average Bonchev–Trinajstić information content (AvgIpc) is 2.37. The second-order valence-corrected chi connectivity index (χ2v) is 4.83. The molecule has 3 nitrogen and oxygen atoms in total. The van der Waals surface area contributed by atoms with Crippen molar-refractivity contribution in [3.8, 4) is 5.75 Å². The van der Waals surface area contributed by atoms with Gasteiger partial charge in [0, 0.05) is 24.5 Å². The normalized spacial score (nSPS) is 10.3. The van der Waals surface area contributed by atoms with E-state index in [1.54, 1.807) is 7.11 Å². The minimum atomic E-state index is 0.653. The van der Waals surface area contributed by atoms with Gasteiger partial charge in [-0.2, -0.15) is 0 Å². The fourth-order valence-corrected chi connectivity index (χ4v) is 2.20. The van der Waals surface area contributed by atoms with Gasteiger partial charge in [-0.1, -0.05) is 6.07 Å². The summed E-state index contributed by atoms with van der Waals surface area (Å²) in [6, 6.07) is 12.3. The van der Waals surface area contributed by atoms with Crippen LogP contribution in [0.1, 0.15) is 11.1 Å². The quantitative estimate of drug-likeness (QED) is 0.852. The van der Waals surface area contributed by atoms with Crippen LogP contribution in [0.4, 0.5) is 17.1 Å². The van der Waals surface area contributed by atoms with E-state index < -0.39 is 0 Å². The largest absolute Gasteiger partial charge is 0.495 e. The fourth-order valence-electron chi connectivity index (χ4n) is 2.20. The molecule has 2 rings (SSSR count). The van der Waals surface area contributed by atoms with Gasteiger partial charge in [-0.3, -0.25) is 0 Å². The molecule has 2 N–H and O–H groups in total. The first-order chi connectivity index (χ1) is 9.01. The van der Waals surface area contributed by atoms with Crippen molar-refractivity contribution < 1.29 is 4.74 Å². The Morgan fingerprint density at radius 1 is 0.947 bits per heavy atom. The van der Waals surface area contributed by atoms with Gasteiger partial charge in [0.1, 0.15) is 5.75 Å². The second-order valence-electron chi connectivity index (χ2n) is 4.83. The Kier molecular flexibility index (Phi) is 3.65. The summed E-state index contributed by atoms with van der Waals surface area (Å²) in [5, 5.41) is 0. The first-order valence-corrected chi connectivity index (χ1v) is 6.27. The third-order valence-corrected chi connectivity index (χ3v) is 3.20. The smallest absolute Gasteiger partial charge is 0.143 e. The van der Waals surface area contributed by atoms with Crippen LogP contribution < -0.4 is 15.4 Å². The molecule has 0 aliphatic carbocycles. The molecule has 0 aliphatic rings. The van der Waals surface area contributed by atoms with E-state index >= 15 is 0 Å². The number of benzene rings is 2. The summed E-state index contributed by atoms with van der Waals surface area (Å²) in [5.41, 5.74) is 11.2. The zero-order valence-corrected chi connectivity index (χ0v) is 11.9. The third-order valence-electron chi connectivity index (χ3n) is 3.20. The summed E-state index contributed by atoms with van der Waals surface area (Å²) < 4.78 is 5.27. The second kappa shape index (κ2) is 5.22. The van der Waals surface area contributed by atoms with E-state index in [0.717, 1.165) is 11.4 Å². The standard InChI is InChI=1S/C16H20N2O/c1-11-7-12(2)9-14(8-11)18(3)13-5-6-15(17)16(10-13)19-4/h5-10H,17H2,1-4H3. The maximum atomic E-state index is 5.84. The molecule has 2 aromatic rings. The summed E-state index contributed by atoms with van der Waals surface area (Å²) >= 11 is 0. The van der Waals surface area contributed by atoms with Gasteiger partial charge in [0.05, 0.1) is 12.8 Å². The molecule has 0 fully saturated rings. The van der Waals surface area contributed by atoms with E-state index in [1.807, 2.05) is 25.2 Å². The molecule has 0 saturated heterocycles. The zero-order chi connectivity index (χ0) is 14.0. The van der Waals surface area contributed by atoms with E-state index in [-0.39, 0.29) is 0 Å². The first kappa shape index (κ1) is 13.3. The van der Waals surface area contributed by atoms with Crippen LogP contribution in [0.3, 0.4) is 0 Å². The number of hydrogen-bond acceptors (Lipinski definition) is 3. The number of aryl methyl sites for hydroxylation is 2. The van der Waals surface area contributed by atoms with E-state index in [2.05, 4.69) is 36.9 Å². The van der Waals surface area contributed by atoms with Crippen molar-refractivity contribution >= 4 is 17.1 Å². The van der Waals surface area contributed by atoms with Crippen molar-refractivity contribution in [1.82, 2.24) is 0 Å². The maximum absolute atomic E-state index is 5.84. The first-order valence-electron chi connectivity index (χ1n) is 6.27. The Hall–Kier alpha value is -2.16. The number of hydrogen-bond donors (Lipinski definition) is 1. The van der Waals surface area contributed by atoms with Crippen LogP contribution in [0.2, 0.25) is 0 Å². The van der Waals surface area contributed by atoms with Gasteiger partial charge < -0.3 is 15.4 Å². The molecule has 19 heavy (non-hydrogen) atoms. The molecule has 0 radical (unpaired) electrons. The van der Waals surface area contributed by atoms with Crippen LogP contribution in [0.5, 0.6) is 5.75 Å². The summed E-state index contributed by atoms with van der Waals surface area (Å²) in [6.45, 7) is 4.21. The van der Waals surface area contributed by atoms with Gasteiger partial charge in [-0.15, -0.1) is 0 Å². The van der Waals surface area contributed by atoms with Gasteiger partial charge in [0.25, 0.3) is 0 Å². The minimum Gasteiger partial charge on any atom is -0.495 e. The Morgan fingerprint density at radius 3 is 2.16 bits per heavy atom. The average molecular weight is 256 g/mol. The number of nitrogens with zero attached hydrogens (tertiary/aromatic N) is 1. The molecule has 0 heterocycles. The summed E-state index contributed by atoms with van der Waals surface area (Å²) in [6.07, 6.45) is 0. The lowest BCUT2D eigenvalue weighted by Gasteiger charge is -2.21. The Labute approximate surface area is 114 Å². The highest BCUT2D eigenvalue weighted by Crippen LogP contribution is 2.31. The molecule has 0 aromatic heterocycles. The van der Waals surface area contributed by atoms with Gasteiger partial charge in [0.15, 0.2) is 0 Å². The Bertz CT molecular complexity index is 573. The zero-order valence-electron chi connectivity index (χ0n) is 11.9. The van der Waals surface area contributed by atoms with Gasteiger partial charge in [-0.05, 0) is 49.2 Å². The van der Waals surface area contributed by atoms with Crippen LogP contribution >= 0.6 is 0 Å². The van der Waals surface area contributed by atoms with Crippen molar-refractivity contribution in [2.45, 2.75) is 13.8 Å². The number of nitrogen functional groups attached to an aromatic ring is 1. The molecule has 0 aliphatic heterocycles. The summed E-state index contributed by atoms with van der Waals surface area (Å²) in [4.78, 5) is 2.13. The third kappa shape index (κ3) is 2.81. The molecular weight excluding hydrogens is 236 g/mol. The van der Waals surface area contributed by atoms with E-state index in [0.29, 0.717) is 11.4 Å². The van der Waals surface area contributed by atoms with Crippen molar-refractivity contribution in [2.75, 3.05) is 24.8 Å². The minimum absolute atomic E-state index is 0.653. The van der Waals surface area contributed by atoms with E-state index in [1.165, 1.54) is 11.1 Å². The van der Waals surface area contributed by atoms with E-state index in [4.69, 9.17) is 10.5 Å². The number of ether oxygens (including phenoxy) is 1. The van der Waals surface area contributed by atoms with Crippen LogP contribution in [0.15, 0.2) is 36.4 Å². The van der Waals surface area contributed by atoms with E-state index in [9.17, 15) is 0 Å². The Morgan fingerprint density at radius 2 is 1.58 bits per heavy atom. The summed E-state index contributed by atoms with van der Waals surface area (Å²) in [7, 11) is 3.67. The van der Waals surface area contributed by atoms with Crippen LogP contribution in [-0.4, -0.2) is 14.2 Å². The molecular formula is C16H20N2O. The highest BCUT2D eigenvalue weighted by Gasteiger charge is 2.08. The molecule has 100 valence electrons. The Balaban J connectivity index is 2.40. The predicted octanol–water partition coefficient (Wildman–Crippen LogP) is 3.66. The van der Waals surface area contributed by atoms with Gasteiger partial charge in [0.2, 0.25) is 0 Å². The number of anilines is 3. The van der Waals surface area contributed by atoms with Crippen molar-refractivity contribution in [3.05, 3.63) is 47.5 Å². The van der Waals surface area contributed by atoms with Crippen molar-refractivity contribution in [1.29, 1.82) is 0 Å². The molecule has 3 heteroatoms. The monoisotopic (exact) mass is 256 g/mol. The number of methoxy groups -OCH3 is 1. The van der Waals surface area contributed by atoms with Crippen LogP contribution in [-0.2, 0) is 0 Å². The number of rotatable bonds is 3.